The summed E-state index contributed by atoms with van der Waals surface area (Å²) in [5, 5.41) is 7.15. The number of sulfonamides is 1. The molecule has 0 bridgehead atoms. The molecule has 1 aromatic carbocycles. The van der Waals surface area contributed by atoms with E-state index < -0.39 is 10.0 Å². The summed E-state index contributed by atoms with van der Waals surface area (Å²) in [5.41, 5.74) is 2.13. The van der Waals surface area contributed by atoms with Gasteiger partial charge in [0.2, 0.25) is 10.0 Å². The molecule has 2 amide bonds. The molecule has 3 rings (SSSR count). The molecule has 2 aromatic rings. The third kappa shape index (κ3) is 4.61. The molecule has 9 heteroatoms. The van der Waals surface area contributed by atoms with Gasteiger partial charge in [-0.3, -0.25) is 4.68 Å². The van der Waals surface area contributed by atoms with Crippen molar-refractivity contribution < 1.29 is 13.2 Å². The first-order valence-electron chi connectivity index (χ1n) is 8.45. The summed E-state index contributed by atoms with van der Waals surface area (Å²) in [4.78, 5) is 14.0. The molecule has 1 saturated heterocycles. The SMILES string of the molecule is CS(=O)(=O)N1CCN(C(=O)NCc2ccccc2Cn2cccn2)CC1. The Hall–Kier alpha value is -2.39. The molecule has 1 aromatic heterocycles. The Morgan fingerprint density at radius 2 is 1.81 bits per heavy atom. The zero-order valence-electron chi connectivity index (χ0n) is 14.7. The summed E-state index contributed by atoms with van der Waals surface area (Å²) in [6.45, 7) is 2.53. The van der Waals surface area contributed by atoms with Crippen LogP contribution in [0, 0.1) is 0 Å². The van der Waals surface area contributed by atoms with Gasteiger partial charge in [-0.1, -0.05) is 24.3 Å². The maximum absolute atomic E-state index is 12.4. The molecule has 0 radical (unpaired) electrons. The Bertz CT molecular complexity index is 843. The zero-order valence-corrected chi connectivity index (χ0v) is 15.5. The summed E-state index contributed by atoms with van der Waals surface area (Å²) in [6, 6.07) is 9.62. The normalized spacial score (nSPS) is 15.8. The summed E-state index contributed by atoms with van der Waals surface area (Å²) in [5.74, 6) is 0. The summed E-state index contributed by atoms with van der Waals surface area (Å²) in [6.07, 6.45) is 4.83. The predicted octanol–water partition coefficient (Wildman–Crippen LogP) is 0.718. The van der Waals surface area contributed by atoms with Crippen molar-refractivity contribution in [1.29, 1.82) is 0 Å². The van der Waals surface area contributed by atoms with Crippen molar-refractivity contribution in [2.45, 2.75) is 13.1 Å². The van der Waals surface area contributed by atoms with Crippen LogP contribution >= 0.6 is 0 Å². The summed E-state index contributed by atoms with van der Waals surface area (Å²) < 4.78 is 26.3. The number of carbonyl (C=O) groups excluding carboxylic acids is 1. The van der Waals surface area contributed by atoms with Crippen molar-refractivity contribution in [1.82, 2.24) is 24.3 Å². The fraction of sp³-hybridized carbons (Fsp3) is 0.412. The maximum Gasteiger partial charge on any atom is 0.317 e. The van der Waals surface area contributed by atoms with Gasteiger partial charge in [0.1, 0.15) is 0 Å². The van der Waals surface area contributed by atoms with Crippen LogP contribution < -0.4 is 5.32 Å². The first kappa shape index (κ1) is 18.4. The minimum absolute atomic E-state index is 0.174. The molecule has 0 aliphatic carbocycles. The molecule has 0 saturated carbocycles. The van der Waals surface area contributed by atoms with Crippen molar-refractivity contribution in [3.05, 3.63) is 53.9 Å². The molecule has 1 N–H and O–H groups in total. The standard InChI is InChI=1S/C17H23N5O3S/c1-26(24,25)22-11-9-20(10-12-22)17(23)18-13-15-5-2-3-6-16(15)14-21-8-4-7-19-21/h2-8H,9-14H2,1H3,(H,18,23). The number of piperazine rings is 1. The molecule has 0 atom stereocenters. The zero-order chi connectivity index (χ0) is 18.6. The Labute approximate surface area is 153 Å². The largest absolute Gasteiger partial charge is 0.334 e. The number of urea groups is 1. The van der Waals surface area contributed by atoms with Crippen LogP contribution in [0.4, 0.5) is 4.79 Å². The lowest BCUT2D eigenvalue weighted by Crippen LogP contribution is -2.52. The Balaban J connectivity index is 1.55. The highest BCUT2D eigenvalue weighted by Gasteiger charge is 2.25. The van der Waals surface area contributed by atoms with Gasteiger partial charge in [0.25, 0.3) is 0 Å². The number of benzene rings is 1. The van der Waals surface area contributed by atoms with Crippen molar-refractivity contribution in [3.63, 3.8) is 0 Å². The van der Waals surface area contributed by atoms with Gasteiger partial charge in [-0.05, 0) is 17.2 Å². The number of hydrogen-bond acceptors (Lipinski definition) is 4. The molecule has 140 valence electrons. The fourth-order valence-electron chi connectivity index (χ4n) is 2.96. The fourth-order valence-corrected chi connectivity index (χ4v) is 3.78. The van der Waals surface area contributed by atoms with E-state index in [9.17, 15) is 13.2 Å². The smallest absolute Gasteiger partial charge is 0.317 e. The van der Waals surface area contributed by atoms with Gasteiger partial charge in [-0.2, -0.15) is 9.40 Å². The highest BCUT2D eigenvalue weighted by Crippen LogP contribution is 2.11. The van der Waals surface area contributed by atoms with Gasteiger partial charge in [0, 0.05) is 45.1 Å². The molecule has 8 nitrogen and oxygen atoms in total. The number of hydrogen-bond donors (Lipinski definition) is 1. The molecule has 1 fully saturated rings. The topological polar surface area (TPSA) is 87.5 Å². The van der Waals surface area contributed by atoms with Crippen LogP contribution in [0.5, 0.6) is 0 Å². The van der Waals surface area contributed by atoms with E-state index >= 15 is 0 Å². The predicted molar refractivity (Wildman–Crippen MR) is 98.0 cm³/mol. The van der Waals surface area contributed by atoms with E-state index in [-0.39, 0.29) is 6.03 Å². The third-order valence-corrected chi connectivity index (χ3v) is 5.74. The first-order chi connectivity index (χ1) is 12.4. The van der Waals surface area contributed by atoms with Crippen LogP contribution in [-0.4, -0.2) is 65.9 Å². The van der Waals surface area contributed by atoms with Gasteiger partial charge in [0.05, 0.1) is 12.8 Å². The molecule has 0 unspecified atom stereocenters. The molecular weight excluding hydrogens is 354 g/mol. The van der Waals surface area contributed by atoms with Crippen LogP contribution in [0.1, 0.15) is 11.1 Å². The molecule has 0 spiro atoms. The molecule has 1 aliphatic heterocycles. The lowest BCUT2D eigenvalue weighted by atomic mass is 10.1. The van der Waals surface area contributed by atoms with Crippen LogP contribution in [0.3, 0.4) is 0 Å². The summed E-state index contributed by atoms with van der Waals surface area (Å²) in [7, 11) is -3.19. The van der Waals surface area contributed by atoms with Crippen LogP contribution in [-0.2, 0) is 23.1 Å². The summed E-state index contributed by atoms with van der Waals surface area (Å²) >= 11 is 0. The van der Waals surface area contributed by atoms with Crippen molar-refractivity contribution in [2.24, 2.45) is 0 Å². The number of amides is 2. The Kier molecular flexibility index (Phi) is 5.58. The third-order valence-electron chi connectivity index (χ3n) is 4.43. The average Bonchev–Trinajstić information content (AvgIpc) is 3.13. The first-order valence-corrected chi connectivity index (χ1v) is 10.3. The number of aromatic nitrogens is 2. The van der Waals surface area contributed by atoms with Gasteiger partial charge in [-0.15, -0.1) is 0 Å². The minimum Gasteiger partial charge on any atom is -0.334 e. The quantitative estimate of drug-likeness (QED) is 0.832. The van der Waals surface area contributed by atoms with Gasteiger partial charge in [-0.25, -0.2) is 13.2 Å². The van der Waals surface area contributed by atoms with Crippen LogP contribution in [0.15, 0.2) is 42.7 Å². The number of rotatable bonds is 5. The van der Waals surface area contributed by atoms with Crippen LogP contribution in [0.25, 0.3) is 0 Å². The van der Waals surface area contributed by atoms with E-state index in [1.54, 1.807) is 11.1 Å². The van der Waals surface area contributed by atoms with Crippen molar-refractivity contribution >= 4 is 16.1 Å². The molecular formula is C17H23N5O3S. The second-order valence-electron chi connectivity index (χ2n) is 6.28. The highest BCUT2D eigenvalue weighted by molar-refractivity contribution is 7.88. The van der Waals surface area contributed by atoms with Gasteiger partial charge >= 0.3 is 6.03 Å². The van der Waals surface area contributed by atoms with E-state index in [4.69, 9.17) is 0 Å². The minimum atomic E-state index is -3.19. The van der Waals surface area contributed by atoms with Crippen LogP contribution in [0.2, 0.25) is 0 Å². The second-order valence-corrected chi connectivity index (χ2v) is 8.26. The average molecular weight is 377 g/mol. The van der Waals surface area contributed by atoms with E-state index in [0.29, 0.717) is 39.3 Å². The van der Waals surface area contributed by atoms with Crippen molar-refractivity contribution in [2.75, 3.05) is 32.4 Å². The Morgan fingerprint density at radius 1 is 1.12 bits per heavy atom. The number of nitrogens with zero attached hydrogens (tertiary/aromatic N) is 4. The van der Waals surface area contributed by atoms with E-state index in [1.807, 2.05) is 41.2 Å². The lowest BCUT2D eigenvalue weighted by molar-refractivity contribution is 0.172. The lowest BCUT2D eigenvalue weighted by Gasteiger charge is -2.33. The van der Waals surface area contributed by atoms with E-state index in [0.717, 1.165) is 11.1 Å². The molecule has 1 aliphatic rings. The number of carbonyl (C=O) groups is 1. The van der Waals surface area contributed by atoms with Gasteiger partial charge in [0.15, 0.2) is 0 Å². The maximum atomic E-state index is 12.4. The second kappa shape index (κ2) is 7.88. The van der Waals surface area contributed by atoms with E-state index in [1.165, 1.54) is 10.6 Å². The number of nitrogens with one attached hydrogen (secondary N) is 1. The molecule has 26 heavy (non-hydrogen) atoms. The van der Waals surface area contributed by atoms with Gasteiger partial charge < -0.3 is 10.2 Å². The van der Waals surface area contributed by atoms with E-state index in [2.05, 4.69) is 10.4 Å². The monoisotopic (exact) mass is 377 g/mol. The van der Waals surface area contributed by atoms with Crippen molar-refractivity contribution in [3.8, 4) is 0 Å². The Morgan fingerprint density at radius 3 is 2.42 bits per heavy atom. The highest BCUT2D eigenvalue weighted by atomic mass is 32.2. The molecule has 2 heterocycles.